The molecule has 0 saturated heterocycles. The zero-order valence-corrected chi connectivity index (χ0v) is 34.0. The Morgan fingerprint density at radius 2 is 0.700 bits per heavy atom. The average molecular weight is 771 g/mol. The first-order valence-corrected chi connectivity index (χ1v) is 21.1. The molecule has 9 aromatic carbocycles. The van der Waals surface area contributed by atoms with Gasteiger partial charge in [-0.25, -0.2) is 0 Å². The fraction of sp³-hybridized carbons (Fsp3) is 0.0690. The number of hydrogen-bond acceptors (Lipinski definition) is 1. The summed E-state index contributed by atoms with van der Waals surface area (Å²) in [5.41, 5.74) is 17.9. The number of benzene rings is 9. The number of rotatable bonds is 10. The summed E-state index contributed by atoms with van der Waals surface area (Å²) in [6.07, 6.45) is 1.14. The molecule has 0 spiro atoms. The molecule has 1 unspecified atom stereocenters. The lowest BCUT2D eigenvalue weighted by Crippen LogP contribution is -2.09. The molecule has 0 N–H and O–H groups in total. The van der Waals surface area contributed by atoms with Crippen molar-refractivity contribution >= 4 is 38.9 Å². The summed E-state index contributed by atoms with van der Waals surface area (Å²) in [4.78, 5) is 2.35. The van der Waals surface area contributed by atoms with Crippen molar-refractivity contribution in [2.24, 2.45) is 0 Å². The smallest absolute Gasteiger partial charge is 0.0541 e. The highest BCUT2D eigenvalue weighted by Crippen LogP contribution is 2.40. The van der Waals surface area contributed by atoms with Gasteiger partial charge in [-0.05, 0) is 135 Å². The Kier molecular flexibility index (Phi) is 9.89. The Hall–Kier alpha value is -7.42. The lowest BCUT2D eigenvalue weighted by molar-refractivity contribution is 0.734. The topological polar surface area (TPSA) is 8.17 Å². The Balaban J connectivity index is 1.04. The lowest BCUT2D eigenvalue weighted by Gasteiger charge is -2.26. The molecule has 2 nitrogen and oxygen atoms in total. The molecule has 288 valence electrons. The van der Waals surface area contributed by atoms with E-state index in [2.05, 4.69) is 248 Å². The molecule has 0 fully saturated rings. The fourth-order valence-corrected chi connectivity index (χ4v) is 8.59. The molecule has 10 rings (SSSR count). The molecule has 0 radical (unpaired) electrons. The van der Waals surface area contributed by atoms with Crippen LogP contribution in [0.4, 0.5) is 17.1 Å². The van der Waals surface area contributed by atoms with Crippen LogP contribution in [0, 0.1) is 0 Å². The highest BCUT2D eigenvalue weighted by molar-refractivity contribution is 6.11. The standard InChI is InChI=1S/C58H46N2/c1-3-41(2)42-19-21-47(22-20-42)49-29-37-57-55(39-49)56-40-50(30-38-58(56)60(57)51-17-11-6-12-18-51)48-27-35-54(36-28-48)59(52-31-23-45(24-32-52)43-13-7-4-8-14-43)53-33-25-46(26-34-53)44-15-9-5-10-16-44/h4-41H,3H2,1-2H3. The molecule has 0 bridgehead atoms. The van der Waals surface area contributed by atoms with Gasteiger partial charge in [0, 0.05) is 33.5 Å². The van der Waals surface area contributed by atoms with E-state index in [4.69, 9.17) is 0 Å². The number of aromatic nitrogens is 1. The predicted molar refractivity (Wildman–Crippen MR) is 256 cm³/mol. The van der Waals surface area contributed by atoms with Gasteiger partial charge in [0.05, 0.1) is 11.0 Å². The van der Waals surface area contributed by atoms with E-state index in [-0.39, 0.29) is 0 Å². The second-order valence-electron chi connectivity index (χ2n) is 15.8. The van der Waals surface area contributed by atoms with Crippen molar-refractivity contribution < 1.29 is 0 Å². The van der Waals surface area contributed by atoms with Gasteiger partial charge < -0.3 is 9.47 Å². The molecule has 0 aliphatic rings. The number of anilines is 3. The zero-order chi connectivity index (χ0) is 40.4. The minimum absolute atomic E-state index is 0.555. The number of fused-ring (bicyclic) bond motifs is 3. The van der Waals surface area contributed by atoms with Gasteiger partial charge >= 0.3 is 0 Å². The van der Waals surface area contributed by atoms with E-state index in [0.717, 1.165) is 29.2 Å². The van der Waals surface area contributed by atoms with Crippen LogP contribution in [0.5, 0.6) is 0 Å². The largest absolute Gasteiger partial charge is 0.311 e. The minimum atomic E-state index is 0.555. The van der Waals surface area contributed by atoms with Gasteiger partial charge in [0.25, 0.3) is 0 Å². The van der Waals surface area contributed by atoms with Crippen LogP contribution in [0.1, 0.15) is 31.7 Å². The van der Waals surface area contributed by atoms with Gasteiger partial charge in [-0.3, -0.25) is 0 Å². The Labute approximate surface area is 353 Å². The average Bonchev–Trinajstić information content (AvgIpc) is 3.66. The SMILES string of the molecule is CCC(C)c1ccc(-c2ccc3c(c2)c2cc(-c4ccc(N(c5ccc(-c6ccccc6)cc5)c5ccc(-c6ccccc6)cc5)cc4)ccc2n3-c2ccccc2)cc1. The van der Waals surface area contributed by atoms with Crippen LogP contribution < -0.4 is 4.90 Å². The monoisotopic (exact) mass is 770 g/mol. The van der Waals surface area contributed by atoms with Gasteiger partial charge in [0.1, 0.15) is 0 Å². The summed E-state index contributed by atoms with van der Waals surface area (Å²) in [7, 11) is 0. The maximum absolute atomic E-state index is 2.40. The van der Waals surface area contributed by atoms with E-state index in [1.54, 1.807) is 0 Å². The first-order chi connectivity index (χ1) is 29.6. The van der Waals surface area contributed by atoms with Gasteiger partial charge in [-0.15, -0.1) is 0 Å². The number of hydrogen-bond donors (Lipinski definition) is 0. The molecule has 1 aromatic heterocycles. The molecule has 0 aliphatic carbocycles. The van der Waals surface area contributed by atoms with E-state index in [0.29, 0.717) is 5.92 Å². The maximum Gasteiger partial charge on any atom is 0.0541 e. The Bertz CT molecular complexity index is 2940. The van der Waals surface area contributed by atoms with E-state index in [9.17, 15) is 0 Å². The number of para-hydroxylation sites is 1. The molecule has 10 aromatic rings. The van der Waals surface area contributed by atoms with Crippen LogP contribution in [0.3, 0.4) is 0 Å². The summed E-state index contributed by atoms with van der Waals surface area (Å²) in [6, 6.07) is 81.7. The van der Waals surface area contributed by atoms with Crippen LogP contribution in [0.15, 0.2) is 224 Å². The quantitative estimate of drug-likeness (QED) is 0.134. The summed E-state index contributed by atoms with van der Waals surface area (Å²) in [5.74, 6) is 0.555. The van der Waals surface area contributed by atoms with Crippen molar-refractivity contribution in [3.8, 4) is 50.2 Å². The van der Waals surface area contributed by atoms with Gasteiger partial charge in [-0.2, -0.15) is 0 Å². The predicted octanol–water partition coefficient (Wildman–Crippen LogP) is 16.4. The molecule has 0 saturated carbocycles. The summed E-state index contributed by atoms with van der Waals surface area (Å²) in [5, 5.41) is 2.49. The Morgan fingerprint density at radius 3 is 1.10 bits per heavy atom. The third kappa shape index (κ3) is 7.07. The van der Waals surface area contributed by atoms with Crippen molar-refractivity contribution in [2.45, 2.75) is 26.2 Å². The molecule has 60 heavy (non-hydrogen) atoms. The number of nitrogens with zero attached hydrogens (tertiary/aromatic N) is 2. The van der Waals surface area contributed by atoms with Gasteiger partial charge in [-0.1, -0.05) is 166 Å². The van der Waals surface area contributed by atoms with Crippen LogP contribution in [-0.4, -0.2) is 4.57 Å². The molecular formula is C58H46N2. The molecular weight excluding hydrogens is 725 g/mol. The van der Waals surface area contributed by atoms with Crippen molar-refractivity contribution in [2.75, 3.05) is 4.90 Å². The third-order valence-corrected chi connectivity index (χ3v) is 12.1. The van der Waals surface area contributed by atoms with Crippen LogP contribution in [0.25, 0.3) is 72.0 Å². The molecule has 1 atom stereocenters. The van der Waals surface area contributed by atoms with E-state index >= 15 is 0 Å². The van der Waals surface area contributed by atoms with Crippen LogP contribution in [-0.2, 0) is 0 Å². The van der Waals surface area contributed by atoms with Gasteiger partial charge in [0.2, 0.25) is 0 Å². The lowest BCUT2D eigenvalue weighted by atomic mass is 9.95. The normalized spacial score (nSPS) is 11.8. The highest BCUT2D eigenvalue weighted by Gasteiger charge is 2.17. The maximum atomic E-state index is 2.40. The van der Waals surface area contributed by atoms with Crippen molar-refractivity contribution in [1.82, 2.24) is 4.57 Å². The molecule has 1 heterocycles. The summed E-state index contributed by atoms with van der Waals surface area (Å²) < 4.78 is 2.40. The van der Waals surface area contributed by atoms with Crippen molar-refractivity contribution in [3.63, 3.8) is 0 Å². The first-order valence-electron chi connectivity index (χ1n) is 21.1. The molecule has 0 aliphatic heterocycles. The fourth-order valence-electron chi connectivity index (χ4n) is 8.59. The second kappa shape index (κ2) is 16.1. The second-order valence-corrected chi connectivity index (χ2v) is 15.8. The first kappa shape index (κ1) is 36.9. The molecule has 2 heteroatoms. The Morgan fingerprint density at radius 1 is 0.367 bits per heavy atom. The highest BCUT2D eigenvalue weighted by atomic mass is 15.1. The van der Waals surface area contributed by atoms with Crippen molar-refractivity contribution in [1.29, 1.82) is 0 Å². The summed E-state index contributed by atoms with van der Waals surface area (Å²) in [6.45, 7) is 4.56. The zero-order valence-electron chi connectivity index (χ0n) is 34.0. The molecule has 0 amide bonds. The van der Waals surface area contributed by atoms with E-state index in [1.165, 1.54) is 71.9 Å². The van der Waals surface area contributed by atoms with Gasteiger partial charge in [0.15, 0.2) is 0 Å². The van der Waals surface area contributed by atoms with Crippen molar-refractivity contribution in [3.05, 3.63) is 230 Å². The minimum Gasteiger partial charge on any atom is -0.311 e. The summed E-state index contributed by atoms with van der Waals surface area (Å²) >= 11 is 0. The van der Waals surface area contributed by atoms with E-state index in [1.807, 2.05) is 0 Å². The third-order valence-electron chi connectivity index (χ3n) is 12.1. The van der Waals surface area contributed by atoms with Crippen LogP contribution >= 0.6 is 0 Å². The van der Waals surface area contributed by atoms with Crippen LogP contribution in [0.2, 0.25) is 0 Å². The van der Waals surface area contributed by atoms with E-state index < -0.39 is 0 Å².